The van der Waals surface area contributed by atoms with Crippen LogP contribution in [-0.4, -0.2) is 29.2 Å². The lowest BCUT2D eigenvalue weighted by Crippen LogP contribution is -2.47. The predicted molar refractivity (Wildman–Crippen MR) is 76.4 cm³/mol. The Morgan fingerprint density at radius 2 is 1.50 bits per heavy atom. The molecule has 0 radical (unpaired) electrons. The lowest BCUT2D eigenvalue weighted by Gasteiger charge is -2.32. The molecule has 5 nitrogen and oxygen atoms in total. The lowest BCUT2D eigenvalue weighted by molar-refractivity contribution is -0.141. The first-order chi connectivity index (χ1) is 9.45. The Labute approximate surface area is 120 Å². The summed E-state index contributed by atoms with van der Waals surface area (Å²) < 4.78 is 0. The first kappa shape index (κ1) is 15.1. The minimum atomic E-state index is -0.746. The van der Waals surface area contributed by atoms with Crippen molar-refractivity contribution in [2.24, 2.45) is 17.8 Å². The summed E-state index contributed by atoms with van der Waals surface area (Å²) >= 11 is 0. The Kier molecular flexibility index (Phi) is 4.89. The Morgan fingerprint density at radius 3 is 2.05 bits per heavy atom. The second-order valence-electron chi connectivity index (χ2n) is 6.63. The second-order valence-corrected chi connectivity index (χ2v) is 6.63. The van der Waals surface area contributed by atoms with Gasteiger partial charge in [0.1, 0.15) is 0 Å². The van der Waals surface area contributed by atoms with Crippen LogP contribution in [0.4, 0.5) is 4.79 Å². The van der Waals surface area contributed by atoms with Gasteiger partial charge < -0.3 is 15.7 Å². The van der Waals surface area contributed by atoms with Crippen molar-refractivity contribution in [2.75, 3.05) is 0 Å². The number of hydrogen-bond donors (Lipinski definition) is 3. The number of carboxylic acid groups (broad SMARTS) is 1. The van der Waals surface area contributed by atoms with Gasteiger partial charge in [-0.15, -0.1) is 0 Å². The Morgan fingerprint density at radius 1 is 0.900 bits per heavy atom. The fraction of sp³-hybridized carbons (Fsp3) is 0.867. The molecule has 3 N–H and O–H groups in total. The summed E-state index contributed by atoms with van der Waals surface area (Å²) in [6, 6.07) is 0.140. The molecule has 0 bridgehead atoms. The van der Waals surface area contributed by atoms with Crippen molar-refractivity contribution < 1.29 is 14.7 Å². The monoisotopic (exact) mass is 282 g/mol. The number of carboxylic acids is 1. The predicted octanol–water partition coefficient (Wildman–Crippen LogP) is 2.36. The lowest BCUT2D eigenvalue weighted by atomic mass is 9.79. The third kappa shape index (κ3) is 3.87. The molecule has 5 atom stereocenters. The number of urea groups is 1. The molecule has 5 unspecified atom stereocenters. The molecule has 0 aromatic carbocycles. The molecule has 0 aliphatic heterocycles. The molecular formula is C15H26N2O3. The molecular weight excluding hydrogens is 256 g/mol. The van der Waals surface area contributed by atoms with E-state index in [4.69, 9.17) is 5.11 Å². The number of hydrogen-bond acceptors (Lipinski definition) is 2. The van der Waals surface area contributed by atoms with Crippen LogP contribution in [0.2, 0.25) is 0 Å². The molecule has 2 amide bonds. The van der Waals surface area contributed by atoms with Gasteiger partial charge >= 0.3 is 12.0 Å². The average molecular weight is 282 g/mol. The minimum Gasteiger partial charge on any atom is -0.481 e. The summed E-state index contributed by atoms with van der Waals surface area (Å²) in [5, 5.41) is 14.9. The van der Waals surface area contributed by atoms with E-state index in [1.165, 1.54) is 0 Å². The Bertz CT molecular complexity index is 372. The highest BCUT2D eigenvalue weighted by molar-refractivity contribution is 5.75. The van der Waals surface area contributed by atoms with Crippen molar-refractivity contribution in [3.05, 3.63) is 0 Å². The van der Waals surface area contributed by atoms with Crippen LogP contribution >= 0.6 is 0 Å². The summed E-state index contributed by atoms with van der Waals surface area (Å²) in [4.78, 5) is 22.9. The zero-order chi connectivity index (χ0) is 14.7. The van der Waals surface area contributed by atoms with Gasteiger partial charge in [-0.3, -0.25) is 4.79 Å². The first-order valence-electron chi connectivity index (χ1n) is 7.75. The second kappa shape index (κ2) is 6.46. The molecule has 2 saturated carbocycles. The summed E-state index contributed by atoms with van der Waals surface area (Å²) in [5.41, 5.74) is 0. The quantitative estimate of drug-likeness (QED) is 0.743. The zero-order valence-corrected chi connectivity index (χ0v) is 12.4. The molecule has 0 spiro atoms. The third-order valence-electron chi connectivity index (χ3n) is 5.05. The van der Waals surface area contributed by atoms with Gasteiger partial charge in [0.15, 0.2) is 0 Å². The molecule has 2 fully saturated rings. The maximum Gasteiger partial charge on any atom is 0.315 e. The van der Waals surface area contributed by atoms with E-state index in [2.05, 4.69) is 24.5 Å². The van der Waals surface area contributed by atoms with Crippen molar-refractivity contribution in [3.63, 3.8) is 0 Å². The van der Waals surface area contributed by atoms with E-state index in [1.54, 1.807) is 0 Å². The van der Waals surface area contributed by atoms with Crippen molar-refractivity contribution in [3.8, 4) is 0 Å². The van der Waals surface area contributed by atoms with Gasteiger partial charge in [-0.05, 0) is 50.4 Å². The smallest absolute Gasteiger partial charge is 0.315 e. The molecule has 0 aromatic heterocycles. The van der Waals surface area contributed by atoms with E-state index in [9.17, 15) is 9.59 Å². The zero-order valence-electron chi connectivity index (χ0n) is 12.4. The summed E-state index contributed by atoms with van der Waals surface area (Å²) in [6.07, 6.45) is 5.23. The van der Waals surface area contributed by atoms with Crippen LogP contribution < -0.4 is 10.6 Å². The molecule has 2 rings (SSSR count). The van der Waals surface area contributed by atoms with E-state index in [-0.39, 0.29) is 24.0 Å². The van der Waals surface area contributed by atoms with Gasteiger partial charge in [0.05, 0.1) is 5.92 Å². The number of carbonyl (C=O) groups excluding carboxylic acids is 1. The van der Waals surface area contributed by atoms with E-state index in [0.717, 1.165) is 31.6 Å². The highest BCUT2D eigenvalue weighted by Crippen LogP contribution is 2.29. The SMILES string of the molecule is CC1CCC(NC(=O)NC2CCC(C(=O)O)C2)CC1C. The maximum absolute atomic E-state index is 12.0. The molecule has 20 heavy (non-hydrogen) atoms. The van der Waals surface area contributed by atoms with Gasteiger partial charge in [0.25, 0.3) is 0 Å². The first-order valence-corrected chi connectivity index (χ1v) is 7.75. The van der Waals surface area contributed by atoms with Crippen molar-refractivity contribution >= 4 is 12.0 Å². The van der Waals surface area contributed by atoms with Crippen LogP contribution in [0.15, 0.2) is 0 Å². The summed E-state index contributed by atoms with van der Waals surface area (Å²) in [7, 11) is 0. The van der Waals surface area contributed by atoms with E-state index in [1.807, 2.05) is 0 Å². The van der Waals surface area contributed by atoms with Gasteiger partial charge in [-0.1, -0.05) is 13.8 Å². The highest BCUT2D eigenvalue weighted by Gasteiger charge is 2.31. The topological polar surface area (TPSA) is 78.4 Å². The number of aliphatic carboxylic acids is 1. The maximum atomic E-state index is 12.0. The van der Waals surface area contributed by atoms with Crippen LogP contribution in [0.3, 0.4) is 0 Å². The van der Waals surface area contributed by atoms with E-state index in [0.29, 0.717) is 18.8 Å². The van der Waals surface area contributed by atoms with Crippen molar-refractivity contribution in [2.45, 2.75) is 64.5 Å². The third-order valence-corrected chi connectivity index (χ3v) is 5.05. The number of carbonyl (C=O) groups is 2. The fourth-order valence-electron chi connectivity index (χ4n) is 3.43. The molecule has 0 aromatic rings. The fourth-order valence-corrected chi connectivity index (χ4v) is 3.43. The molecule has 0 saturated heterocycles. The van der Waals surface area contributed by atoms with Crippen LogP contribution in [0, 0.1) is 17.8 Å². The standard InChI is InChI=1S/C15H26N2O3/c1-9-3-5-12(7-10(9)2)16-15(20)17-13-6-4-11(8-13)14(18)19/h9-13H,3-8H2,1-2H3,(H,18,19)(H2,16,17,20). The molecule has 2 aliphatic rings. The highest BCUT2D eigenvalue weighted by atomic mass is 16.4. The molecule has 2 aliphatic carbocycles. The van der Waals surface area contributed by atoms with Gasteiger partial charge in [0.2, 0.25) is 0 Å². The molecule has 5 heteroatoms. The summed E-state index contributed by atoms with van der Waals surface area (Å²) in [5.74, 6) is 0.347. The number of amides is 2. The van der Waals surface area contributed by atoms with Crippen molar-refractivity contribution in [1.29, 1.82) is 0 Å². The van der Waals surface area contributed by atoms with Crippen LogP contribution in [0.25, 0.3) is 0 Å². The normalized spacial score (nSPS) is 37.4. The van der Waals surface area contributed by atoms with Gasteiger partial charge in [0, 0.05) is 12.1 Å². The van der Waals surface area contributed by atoms with Gasteiger partial charge in [-0.2, -0.15) is 0 Å². The Hall–Kier alpha value is -1.26. The van der Waals surface area contributed by atoms with Crippen LogP contribution in [0.5, 0.6) is 0 Å². The number of rotatable bonds is 3. The average Bonchev–Trinajstić information content (AvgIpc) is 2.82. The van der Waals surface area contributed by atoms with E-state index >= 15 is 0 Å². The largest absolute Gasteiger partial charge is 0.481 e. The molecule has 0 heterocycles. The Balaban J connectivity index is 1.72. The number of nitrogens with one attached hydrogen (secondary N) is 2. The van der Waals surface area contributed by atoms with E-state index < -0.39 is 5.97 Å². The van der Waals surface area contributed by atoms with Crippen LogP contribution in [0.1, 0.15) is 52.4 Å². The molecule has 114 valence electrons. The summed E-state index contributed by atoms with van der Waals surface area (Å²) in [6.45, 7) is 4.51. The van der Waals surface area contributed by atoms with Crippen LogP contribution in [-0.2, 0) is 4.79 Å². The van der Waals surface area contributed by atoms with Crippen molar-refractivity contribution in [1.82, 2.24) is 10.6 Å². The van der Waals surface area contributed by atoms with Gasteiger partial charge in [-0.25, -0.2) is 4.79 Å². The minimum absolute atomic E-state index is 0.0102.